The zero-order valence-electron chi connectivity index (χ0n) is 11.3. The molecule has 0 spiro atoms. The molecule has 0 fully saturated rings. The Morgan fingerprint density at radius 3 is 2.53 bits per heavy atom. The van der Waals surface area contributed by atoms with E-state index in [9.17, 15) is 0 Å². The summed E-state index contributed by atoms with van der Waals surface area (Å²) in [5, 5.41) is 3.16. The molecule has 3 nitrogen and oxygen atoms in total. The lowest BCUT2D eigenvalue weighted by Crippen LogP contribution is -2.13. The van der Waals surface area contributed by atoms with Crippen LogP contribution >= 0.6 is 15.9 Å². The summed E-state index contributed by atoms with van der Waals surface area (Å²) in [5.74, 6) is 1.56. The number of hydrogen-bond acceptors (Lipinski definition) is 3. The van der Waals surface area contributed by atoms with Crippen molar-refractivity contribution in [2.24, 2.45) is 0 Å². The van der Waals surface area contributed by atoms with Gasteiger partial charge in [-0.3, -0.25) is 4.98 Å². The Morgan fingerprint density at radius 2 is 1.95 bits per heavy atom. The lowest BCUT2D eigenvalue weighted by Gasteiger charge is -2.11. The van der Waals surface area contributed by atoms with Gasteiger partial charge in [-0.2, -0.15) is 0 Å². The number of nitrogens with one attached hydrogen (secondary N) is 1. The van der Waals surface area contributed by atoms with Gasteiger partial charge >= 0.3 is 0 Å². The molecule has 0 aliphatic heterocycles. The predicted octanol–water partition coefficient (Wildman–Crippen LogP) is 4.23. The smallest absolute Gasteiger partial charge is 0.145 e. The molecule has 1 aromatic heterocycles. The molecule has 4 heteroatoms. The Hall–Kier alpha value is -1.39. The van der Waals surface area contributed by atoms with Crippen molar-refractivity contribution in [3.8, 4) is 11.5 Å². The van der Waals surface area contributed by atoms with Crippen LogP contribution in [0.15, 0.2) is 41.0 Å². The van der Waals surface area contributed by atoms with Gasteiger partial charge < -0.3 is 10.1 Å². The van der Waals surface area contributed by atoms with Gasteiger partial charge in [0.1, 0.15) is 11.5 Å². The number of aryl methyl sites for hydroxylation is 1. The second-order valence-electron chi connectivity index (χ2n) is 4.44. The summed E-state index contributed by atoms with van der Waals surface area (Å²) in [6.07, 6.45) is 1.75. The molecule has 2 rings (SSSR count). The molecule has 1 atom stereocenters. The molecular formula is C15H17BrN2O. The summed E-state index contributed by atoms with van der Waals surface area (Å²) in [6.45, 7) is 4.10. The van der Waals surface area contributed by atoms with E-state index in [-0.39, 0.29) is 6.04 Å². The first kappa shape index (κ1) is 14.0. The fraction of sp³-hybridized carbons (Fsp3) is 0.267. The first-order valence-electron chi connectivity index (χ1n) is 6.17. The van der Waals surface area contributed by atoms with Crippen LogP contribution in [-0.2, 0) is 0 Å². The summed E-state index contributed by atoms with van der Waals surface area (Å²) >= 11 is 3.47. The molecule has 0 saturated heterocycles. The maximum Gasteiger partial charge on any atom is 0.145 e. The van der Waals surface area contributed by atoms with Gasteiger partial charge in [0.25, 0.3) is 0 Å². The number of hydrogen-bond donors (Lipinski definition) is 1. The summed E-state index contributed by atoms with van der Waals surface area (Å²) in [4.78, 5) is 4.39. The van der Waals surface area contributed by atoms with Crippen LogP contribution in [-0.4, -0.2) is 12.0 Å². The lowest BCUT2D eigenvalue weighted by atomic mass is 10.2. The molecule has 100 valence electrons. The van der Waals surface area contributed by atoms with E-state index in [0.717, 1.165) is 27.2 Å². The predicted molar refractivity (Wildman–Crippen MR) is 80.7 cm³/mol. The molecule has 1 N–H and O–H groups in total. The summed E-state index contributed by atoms with van der Waals surface area (Å²) in [7, 11) is 1.92. The summed E-state index contributed by atoms with van der Waals surface area (Å²) in [6, 6.07) is 10.1. The first-order chi connectivity index (χ1) is 9.10. The molecule has 1 unspecified atom stereocenters. The average Bonchev–Trinajstić information content (AvgIpc) is 2.43. The lowest BCUT2D eigenvalue weighted by molar-refractivity contribution is 0.478. The van der Waals surface area contributed by atoms with Crippen molar-refractivity contribution < 1.29 is 4.74 Å². The molecule has 0 bridgehead atoms. The maximum atomic E-state index is 5.78. The largest absolute Gasteiger partial charge is 0.456 e. The third-order valence-electron chi connectivity index (χ3n) is 3.00. The third-order valence-corrected chi connectivity index (χ3v) is 3.89. The van der Waals surface area contributed by atoms with Crippen molar-refractivity contribution in [2.45, 2.75) is 19.9 Å². The number of aromatic nitrogens is 1. The first-order valence-corrected chi connectivity index (χ1v) is 6.96. The highest BCUT2D eigenvalue weighted by molar-refractivity contribution is 9.10. The minimum atomic E-state index is 0.240. The molecular weight excluding hydrogens is 304 g/mol. The molecule has 0 aliphatic carbocycles. The average molecular weight is 321 g/mol. The minimum absolute atomic E-state index is 0.240. The van der Waals surface area contributed by atoms with E-state index in [4.69, 9.17) is 4.74 Å². The van der Waals surface area contributed by atoms with Crippen LogP contribution in [0.5, 0.6) is 11.5 Å². The zero-order chi connectivity index (χ0) is 13.8. The van der Waals surface area contributed by atoms with Gasteiger partial charge in [0.15, 0.2) is 0 Å². The van der Waals surface area contributed by atoms with Crippen LogP contribution in [0, 0.1) is 6.92 Å². The van der Waals surface area contributed by atoms with Crippen molar-refractivity contribution in [1.29, 1.82) is 0 Å². The van der Waals surface area contributed by atoms with E-state index in [1.807, 2.05) is 44.3 Å². The fourth-order valence-electron chi connectivity index (χ4n) is 1.67. The molecule has 2 aromatic rings. The second-order valence-corrected chi connectivity index (χ2v) is 5.30. The molecule has 0 amide bonds. The van der Waals surface area contributed by atoms with Gasteiger partial charge in [0.05, 0.1) is 11.9 Å². The molecule has 0 saturated carbocycles. The topological polar surface area (TPSA) is 34.1 Å². The number of ether oxygens (including phenoxy) is 1. The molecule has 19 heavy (non-hydrogen) atoms. The third kappa shape index (κ3) is 3.55. The molecule has 0 aliphatic rings. The maximum absolute atomic E-state index is 5.78. The van der Waals surface area contributed by atoms with Crippen molar-refractivity contribution in [1.82, 2.24) is 10.3 Å². The normalized spacial score (nSPS) is 12.2. The van der Waals surface area contributed by atoms with Crippen LogP contribution < -0.4 is 10.1 Å². The van der Waals surface area contributed by atoms with Crippen LogP contribution in [0.25, 0.3) is 0 Å². The Labute approximate surface area is 122 Å². The van der Waals surface area contributed by atoms with Gasteiger partial charge in [-0.25, -0.2) is 0 Å². The second kappa shape index (κ2) is 6.17. The van der Waals surface area contributed by atoms with E-state index >= 15 is 0 Å². The van der Waals surface area contributed by atoms with Crippen molar-refractivity contribution in [2.75, 3.05) is 7.05 Å². The SMILES string of the molecule is CNC(C)c1ccc(Oc2ccc(Br)c(C)c2)cn1. The van der Waals surface area contributed by atoms with Gasteiger partial charge in [-0.05, 0) is 56.8 Å². The molecule has 1 aromatic carbocycles. The molecule has 0 radical (unpaired) electrons. The van der Waals surface area contributed by atoms with Gasteiger partial charge in [-0.1, -0.05) is 15.9 Å². The Balaban J connectivity index is 2.12. The monoisotopic (exact) mass is 320 g/mol. The Bertz CT molecular complexity index is 555. The Kier molecular flexibility index (Phi) is 4.56. The van der Waals surface area contributed by atoms with E-state index in [1.54, 1.807) is 6.20 Å². The van der Waals surface area contributed by atoms with Crippen molar-refractivity contribution in [3.63, 3.8) is 0 Å². The minimum Gasteiger partial charge on any atom is -0.456 e. The van der Waals surface area contributed by atoms with Crippen LogP contribution in [0.1, 0.15) is 24.2 Å². The van der Waals surface area contributed by atoms with E-state index in [1.165, 1.54) is 0 Å². The van der Waals surface area contributed by atoms with Crippen LogP contribution in [0.2, 0.25) is 0 Å². The summed E-state index contributed by atoms with van der Waals surface area (Å²) < 4.78 is 6.86. The fourth-order valence-corrected chi connectivity index (χ4v) is 1.92. The number of pyridine rings is 1. The number of halogens is 1. The van der Waals surface area contributed by atoms with Crippen LogP contribution in [0.4, 0.5) is 0 Å². The van der Waals surface area contributed by atoms with E-state index < -0.39 is 0 Å². The standard InChI is InChI=1S/C15H17BrN2O/c1-10-8-12(4-6-14(10)16)19-13-5-7-15(18-9-13)11(2)17-3/h4-9,11,17H,1-3H3. The van der Waals surface area contributed by atoms with Gasteiger partial charge in [0, 0.05) is 10.5 Å². The number of nitrogens with zero attached hydrogens (tertiary/aromatic N) is 1. The number of rotatable bonds is 4. The molecule has 1 heterocycles. The van der Waals surface area contributed by atoms with Crippen molar-refractivity contribution >= 4 is 15.9 Å². The van der Waals surface area contributed by atoms with Gasteiger partial charge in [0.2, 0.25) is 0 Å². The highest BCUT2D eigenvalue weighted by Crippen LogP contribution is 2.26. The Morgan fingerprint density at radius 1 is 1.21 bits per heavy atom. The van der Waals surface area contributed by atoms with Crippen molar-refractivity contribution in [3.05, 3.63) is 52.3 Å². The highest BCUT2D eigenvalue weighted by atomic mass is 79.9. The number of benzene rings is 1. The summed E-state index contributed by atoms with van der Waals surface area (Å²) in [5.41, 5.74) is 2.15. The van der Waals surface area contributed by atoms with Crippen LogP contribution in [0.3, 0.4) is 0 Å². The quantitative estimate of drug-likeness (QED) is 0.915. The highest BCUT2D eigenvalue weighted by Gasteiger charge is 2.05. The zero-order valence-corrected chi connectivity index (χ0v) is 12.9. The van der Waals surface area contributed by atoms with Gasteiger partial charge in [-0.15, -0.1) is 0 Å². The van der Waals surface area contributed by atoms with E-state index in [0.29, 0.717) is 0 Å². The van der Waals surface area contributed by atoms with E-state index in [2.05, 4.69) is 33.2 Å².